The maximum absolute atomic E-state index is 5.86. The Morgan fingerprint density at radius 1 is 1.00 bits per heavy atom. The highest BCUT2D eigenvalue weighted by Gasteiger charge is 2.03. The molecule has 19 heavy (non-hydrogen) atoms. The van der Waals surface area contributed by atoms with E-state index < -0.39 is 0 Å². The Morgan fingerprint density at radius 3 is 2.37 bits per heavy atom. The molecule has 0 saturated carbocycles. The number of nitrogen functional groups attached to an aromatic ring is 1. The third-order valence-corrected chi connectivity index (χ3v) is 3.11. The molecule has 2 aromatic carbocycles. The molecule has 0 fully saturated rings. The van der Waals surface area contributed by atoms with Crippen molar-refractivity contribution in [2.75, 3.05) is 17.7 Å². The first-order valence-corrected chi connectivity index (χ1v) is 6.46. The van der Waals surface area contributed by atoms with Gasteiger partial charge in [-0.2, -0.15) is 0 Å². The molecule has 0 radical (unpaired) electrons. The normalized spacial score (nSPS) is 10.3. The second-order valence-corrected chi connectivity index (χ2v) is 4.61. The minimum Gasteiger partial charge on any atom is -0.492 e. The quantitative estimate of drug-likeness (QED) is 0.812. The van der Waals surface area contributed by atoms with E-state index in [1.54, 1.807) is 0 Å². The maximum Gasteiger partial charge on any atom is 0.144 e. The molecule has 0 amide bonds. The summed E-state index contributed by atoms with van der Waals surface area (Å²) >= 11 is 0. The van der Waals surface area contributed by atoms with Crippen LogP contribution >= 0.6 is 0 Å². The van der Waals surface area contributed by atoms with Crippen LogP contribution in [0.2, 0.25) is 0 Å². The number of ether oxygens (including phenoxy) is 1. The van der Waals surface area contributed by atoms with Crippen LogP contribution in [0.3, 0.4) is 0 Å². The van der Waals surface area contributed by atoms with Crippen LogP contribution in [0.15, 0.2) is 36.4 Å². The molecule has 0 aliphatic heterocycles. The van der Waals surface area contributed by atoms with Gasteiger partial charge in [-0.3, -0.25) is 0 Å². The Labute approximate surface area is 114 Å². The average Bonchev–Trinajstić information content (AvgIpc) is 2.38. The first kappa shape index (κ1) is 13.3. The van der Waals surface area contributed by atoms with Crippen molar-refractivity contribution >= 4 is 17.1 Å². The predicted octanol–water partition coefficient (Wildman–Crippen LogP) is 4.03. The van der Waals surface area contributed by atoms with Gasteiger partial charge in [-0.15, -0.1) is 0 Å². The van der Waals surface area contributed by atoms with E-state index >= 15 is 0 Å². The number of anilines is 3. The van der Waals surface area contributed by atoms with Crippen LogP contribution in [-0.2, 0) is 0 Å². The zero-order valence-electron chi connectivity index (χ0n) is 11.7. The minimum absolute atomic E-state index is 0.608. The Balaban J connectivity index is 2.22. The van der Waals surface area contributed by atoms with Gasteiger partial charge in [0.2, 0.25) is 0 Å². The number of hydrogen-bond acceptors (Lipinski definition) is 3. The van der Waals surface area contributed by atoms with Gasteiger partial charge in [0.05, 0.1) is 12.3 Å². The molecule has 0 atom stereocenters. The van der Waals surface area contributed by atoms with Gasteiger partial charge in [0.1, 0.15) is 5.75 Å². The standard InChI is InChI=1S/C16H20N2O/c1-4-19-16-10-14(7-8-15(16)17)18-13-6-5-11(2)12(3)9-13/h5-10,18H,4,17H2,1-3H3. The van der Waals surface area contributed by atoms with Gasteiger partial charge in [-0.1, -0.05) is 6.07 Å². The van der Waals surface area contributed by atoms with E-state index in [-0.39, 0.29) is 0 Å². The third kappa shape index (κ3) is 3.19. The first-order valence-electron chi connectivity index (χ1n) is 6.46. The molecule has 0 bridgehead atoms. The molecule has 3 nitrogen and oxygen atoms in total. The van der Waals surface area contributed by atoms with Gasteiger partial charge in [0.15, 0.2) is 0 Å². The van der Waals surface area contributed by atoms with Crippen LogP contribution in [0.1, 0.15) is 18.1 Å². The molecular formula is C16H20N2O. The van der Waals surface area contributed by atoms with E-state index in [1.165, 1.54) is 11.1 Å². The summed E-state index contributed by atoms with van der Waals surface area (Å²) in [7, 11) is 0. The highest BCUT2D eigenvalue weighted by Crippen LogP contribution is 2.28. The average molecular weight is 256 g/mol. The molecule has 0 unspecified atom stereocenters. The van der Waals surface area contributed by atoms with Crippen molar-refractivity contribution in [1.29, 1.82) is 0 Å². The van der Waals surface area contributed by atoms with Crippen LogP contribution in [0.25, 0.3) is 0 Å². The minimum atomic E-state index is 0.608. The van der Waals surface area contributed by atoms with Gasteiger partial charge in [0.25, 0.3) is 0 Å². The lowest BCUT2D eigenvalue weighted by atomic mass is 10.1. The largest absolute Gasteiger partial charge is 0.492 e. The smallest absolute Gasteiger partial charge is 0.144 e. The Hall–Kier alpha value is -2.16. The molecule has 0 aliphatic carbocycles. The van der Waals surface area contributed by atoms with Gasteiger partial charge in [0, 0.05) is 17.4 Å². The second-order valence-electron chi connectivity index (χ2n) is 4.61. The van der Waals surface area contributed by atoms with Crippen molar-refractivity contribution in [2.45, 2.75) is 20.8 Å². The number of rotatable bonds is 4. The number of aryl methyl sites for hydroxylation is 2. The topological polar surface area (TPSA) is 47.3 Å². The molecule has 0 saturated heterocycles. The lowest BCUT2D eigenvalue weighted by molar-refractivity contribution is 0.342. The lowest BCUT2D eigenvalue weighted by Gasteiger charge is -2.12. The van der Waals surface area contributed by atoms with E-state index in [0.29, 0.717) is 12.3 Å². The third-order valence-electron chi connectivity index (χ3n) is 3.11. The summed E-state index contributed by atoms with van der Waals surface area (Å²) in [4.78, 5) is 0. The van der Waals surface area contributed by atoms with Crippen LogP contribution in [0.5, 0.6) is 5.75 Å². The first-order chi connectivity index (χ1) is 9.10. The van der Waals surface area contributed by atoms with E-state index in [0.717, 1.165) is 17.1 Å². The molecule has 100 valence electrons. The summed E-state index contributed by atoms with van der Waals surface area (Å²) < 4.78 is 5.49. The van der Waals surface area contributed by atoms with Crippen molar-refractivity contribution in [1.82, 2.24) is 0 Å². The summed E-state index contributed by atoms with van der Waals surface area (Å²) in [6.45, 7) is 6.77. The van der Waals surface area contributed by atoms with Gasteiger partial charge >= 0.3 is 0 Å². The van der Waals surface area contributed by atoms with Gasteiger partial charge in [-0.25, -0.2) is 0 Å². The summed E-state index contributed by atoms with van der Waals surface area (Å²) in [6, 6.07) is 12.0. The summed E-state index contributed by atoms with van der Waals surface area (Å²) in [5.74, 6) is 0.719. The molecule has 3 heteroatoms. The molecule has 0 aromatic heterocycles. The van der Waals surface area contributed by atoms with Gasteiger partial charge in [-0.05, 0) is 56.2 Å². The van der Waals surface area contributed by atoms with E-state index in [1.807, 2.05) is 25.1 Å². The summed E-state index contributed by atoms with van der Waals surface area (Å²) in [5, 5.41) is 3.36. The van der Waals surface area contributed by atoms with E-state index in [9.17, 15) is 0 Å². The molecule has 3 N–H and O–H groups in total. The van der Waals surface area contributed by atoms with Crippen molar-refractivity contribution in [3.63, 3.8) is 0 Å². The van der Waals surface area contributed by atoms with Crippen LogP contribution in [0.4, 0.5) is 17.1 Å². The predicted molar refractivity (Wildman–Crippen MR) is 81.2 cm³/mol. The second kappa shape index (κ2) is 5.65. The SMILES string of the molecule is CCOc1cc(Nc2ccc(C)c(C)c2)ccc1N. The monoisotopic (exact) mass is 256 g/mol. The lowest BCUT2D eigenvalue weighted by Crippen LogP contribution is -1.98. The maximum atomic E-state index is 5.86. The van der Waals surface area contributed by atoms with Crippen molar-refractivity contribution in [3.8, 4) is 5.75 Å². The van der Waals surface area contributed by atoms with E-state index in [4.69, 9.17) is 10.5 Å². The molecule has 2 rings (SSSR count). The fourth-order valence-corrected chi connectivity index (χ4v) is 1.88. The zero-order chi connectivity index (χ0) is 13.8. The van der Waals surface area contributed by atoms with Crippen molar-refractivity contribution < 1.29 is 4.74 Å². The number of benzene rings is 2. The molecule has 0 heterocycles. The highest BCUT2D eigenvalue weighted by atomic mass is 16.5. The summed E-state index contributed by atoms with van der Waals surface area (Å²) in [6.07, 6.45) is 0. The van der Waals surface area contributed by atoms with Gasteiger partial charge < -0.3 is 15.8 Å². The fourth-order valence-electron chi connectivity index (χ4n) is 1.88. The molecule has 2 aromatic rings. The zero-order valence-corrected chi connectivity index (χ0v) is 11.7. The highest BCUT2D eigenvalue weighted by molar-refractivity contribution is 5.67. The number of nitrogens with one attached hydrogen (secondary N) is 1. The van der Waals surface area contributed by atoms with E-state index in [2.05, 4.69) is 37.4 Å². The summed E-state index contributed by atoms with van der Waals surface area (Å²) in [5.41, 5.74) is 11.1. The Morgan fingerprint density at radius 2 is 1.68 bits per heavy atom. The van der Waals surface area contributed by atoms with Crippen molar-refractivity contribution in [3.05, 3.63) is 47.5 Å². The number of hydrogen-bond donors (Lipinski definition) is 2. The van der Waals surface area contributed by atoms with Crippen LogP contribution < -0.4 is 15.8 Å². The van der Waals surface area contributed by atoms with Crippen LogP contribution in [0, 0.1) is 13.8 Å². The molecule has 0 spiro atoms. The Bertz CT molecular complexity index is 579. The van der Waals surface area contributed by atoms with Crippen molar-refractivity contribution in [2.24, 2.45) is 0 Å². The molecule has 0 aliphatic rings. The fraction of sp³-hybridized carbons (Fsp3) is 0.250. The van der Waals surface area contributed by atoms with Crippen LogP contribution in [-0.4, -0.2) is 6.61 Å². The number of nitrogens with two attached hydrogens (primary N) is 1. The Kier molecular flexibility index (Phi) is 3.95. The molecular weight excluding hydrogens is 236 g/mol.